The number of alkyl halides is 1. The summed E-state index contributed by atoms with van der Waals surface area (Å²) < 4.78 is 5.52. The molecule has 0 saturated heterocycles. The SMILES string of the molecule is Clc1nc2c([nH]1)C(Cl)(c1ccccc1)OS2. The number of hydrogen-bond acceptors (Lipinski definition) is 3. The molecule has 3 nitrogen and oxygen atoms in total. The van der Waals surface area contributed by atoms with Gasteiger partial charge in [-0.1, -0.05) is 41.9 Å². The lowest BCUT2D eigenvalue weighted by Crippen LogP contribution is -2.18. The maximum Gasteiger partial charge on any atom is 0.224 e. The van der Waals surface area contributed by atoms with Crippen molar-refractivity contribution in [3.8, 4) is 0 Å². The van der Waals surface area contributed by atoms with Crippen molar-refractivity contribution < 1.29 is 4.18 Å². The first-order chi connectivity index (χ1) is 7.70. The van der Waals surface area contributed by atoms with Crippen molar-refractivity contribution in [3.63, 3.8) is 0 Å². The van der Waals surface area contributed by atoms with Crippen LogP contribution in [-0.2, 0) is 9.24 Å². The number of nitrogens with zero attached hydrogens (tertiary/aromatic N) is 1. The van der Waals surface area contributed by atoms with Crippen LogP contribution in [0.2, 0.25) is 5.28 Å². The molecule has 0 radical (unpaired) electrons. The summed E-state index contributed by atoms with van der Waals surface area (Å²) >= 11 is 13.4. The van der Waals surface area contributed by atoms with E-state index >= 15 is 0 Å². The smallest absolute Gasteiger partial charge is 0.224 e. The number of imidazole rings is 1. The summed E-state index contributed by atoms with van der Waals surface area (Å²) in [5, 5.41) is -0.0212. The van der Waals surface area contributed by atoms with Crippen LogP contribution in [0, 0.1) is 0 Å². The van der Waals surface area contributed by atoms with Gasteiger partial charge < -0.3 is 4.98 Å². The molecule has 1 aliphatic rings. The van der Waals surface area contributed by atoms with E-state index in [-0.39, 0.29) is 0 Å². The summed E-state index contributed by atoms with van der Waals surface area (Å²) in [6.07, 6.45) is 0. The molecule has 0 fully saturated rings. The fourth-order valence-electron chi connectivity index (χ4n) is 1.59. The first kappa shape index (κ1) is 10.5. The maximum absolute atomic E-state index is 6.47. The van der Waals surface area contributed by atoms with E-state index in [0.717, 1.165) is 17.6 Å². The zero-order valence-corrected chi connectivity index (χ0v) is 10.2. The number of halogens is 2. The van der Waals surface area contributed by atoms with Crippen molar-refractivity contribution in [3.05, 3.63) is 46.9 Å². The lowest BCUT2D eigenvalue weighted by molar-refractivity contribution is 0.253. The summed E-state index contributed by atoms with van der Waals surface area (Å²) in [5.41, 5.74) is 1.54. The van der Waals surface area contributed by atoms with E-state index in [1.165, 1.54) is 0 Å². The highest BCUT2D eigenvalue weighted by atomic mass is 35.5. The molecule has 1 N–H and O–H groups in total. The first-order valence-corrected chi connectivity index (χ1v) is 6.06. The molecule has 0 spiro atoms. The Labute approximate surface area is 106 Å². The van der Waals surface area contributed by atoms with Crippen molar-refractivity contribution in [1.29, 1.82) is 0 Å². The number of nitrogens with one attached hydrogen (secondary N) is 1. The van der Waals surface area contributed by atoms with Crippen LogP contribution in [-0.4, -0.2) is 9.97 Å². The Morgan fingerprint density at radius 2 is 2.06 bits per heavy atom. The molecule has 0 amide bonds. The van der Waals surface area contributed by atoms with Gasteiger partial charge in [0.25, 0.3) is 0 Å². The molecule has 0 bridgehead atoms. The Kier molecular flexibility index (Phi) is 2.40. The number of benzene rings is 1. The fraction of sp³-hybridized carbons (Fsp3) is 0.100. The van der Waals surface area contributed by atoms with Gasteiger partial charge in [-0.15, -0.1) is 0 Å². The van der Waals surface area contributed by atoms with Crippen LogP contribution in [0.15, 0.2) is 35.4 Å². The molecule has 1 atom stereocenters. The second kappa shape index (κ2) is 3.67. The fourth-order valence-corrected chi connectivity index (χ4v) is 3.01. The zero-order chi connectivity index (χ0) is 11.2. The van der Waals surface area contributed by atoms with Gasteiger partial charge in [0, 0.05) is 5.56 Å². The minimum Gasteiger partial charge on any atom is -0.328 e. The Bertz CT molecular complexity index is 531. The third kappa shape index (κ3) is 1.45. The molecule has 1 aliphatic heterocycles. The van der Waals surface area contributed by atoms with Gasteiger partial charge in [-0.2, -0.15) is 0 Å². The quantitative estimate of drug-likeness (QED) is 0.638. The lowest BCUT2D eigenvalue weighted by Gasteiger charge is -2.19. The van der Waals surface area contributed by atoms with Crippen LogP contribution < -0.4 is 0 Å². The predicted octanol–water partition coefficient (Wildman–Crippen LogP) is 3.54. The van der Waals surface area contributed by atoms with Crippen molar-refractivity contribution in [1.82, 2.24) is 9.97 Å². The standard InChI is InChI=1S/C10H6Cl2N2OS/c11-9-13-7-8(14-9)16-15-10(7,12)6-4-2-1-3-5-6/h1-5H,(H,13,14). The third-order valence-corrected chi connectivity index (χ3v) is 3.89. The molecule has 16 heavy (non-hydrogen) atoms. The van der Waals surface area contributed by atoms with E-state index in [2.05, 4.69) is 9.97 Å². The summed E-state index contributed by atoms with van der Waals surface area (Å²) in [6, 6.07) is 9.54. The summed E-state index contributed by atoms with van der Waals surface area (Å²) in [4.78, 5) is 7.00. The van der Waals surface area contributed by atoms with Gasteiger partial charge in [0.15, 0.2) is 5.03 Å². The van der Waals surface area contributed by atoms with Crippen LogP contribution in [0.4, 0.5) is 0 Å². The van der Waals surface area contributed by atoms with E-state index in [1.54, 1.807) is 0 Å². The molecule has 2 aromatic rings. The van der Waals surface area contributed by atoms with Gasteiger partial charge in [0.2, 0.25) is 10.3 Å². The summed E-state index contributed by atoms with van der Waals surface area (Å²) in [6.45, 7) is 0. The maximum atomic E-state index is 6.47. The predicted molar refractivity (Wildman–Crippen MR) is 63.6 cm³/mol. The number of fused-ring (bicyclic) bond motifs is 1. The molecular formula is C10H6Cl2N2OS. The minimum absolute atomic E-state index is 0.321. The van der Waals surface area contributed by atoms with Crippen LogP contribution in [0.3, 0.4) is 0 Å². The Balaban J connectivity index is 2.14. The van der Waals surface area contributed by atoms with Crippen molar-refractivity contribution in [2.75, 3.05) is 0 Å². The number of aromatic nitrogens is 2. The lowest BCUT2D eigenvalue weighted by atomic mass is 10.1. The van der Waals surface area contributed by atoms with E-state index in [1.807, 2.05) is 30.3 Å². The molecule has 2 heterocycles. The number of rotatable bonds is 1. The largest absolute Gasteiger partial charge is 0.328 e. The van der Waals surface area contributed by atoms with Gasteiger partial charge in [-0.05, 0) is 11.6 Å². The number of hydrogen-bond donors (Lipinski definition) is 1. The highest BCUT2D eigenvalue weighted by Gasteiger charge is 2.44. The summed E-state index contributed by atoms with van der Waals surface area (Å²) in [7, 11) is 0. The molecule has 0 saturated carbocycles. The Hall–Kier alpha value is -0.680. The number of aromatic amines is 1. The second-order valence-corrected chi connectivity index (χ2v) is 4.95. The van der Waals surface area contributed by atoms with Gasteiger partial charge in [0.05, 0.1) is 12.0 Å². The van der Waals surface area contributed by atoms with Crippen LogP contribution >= 0.6 is 35.2 Å². The average Bonchev–Trinajstić information content (AvgIpc) is 2.81. The van der Waals surface area contributed by atoms with Crippen molar-refractivity contribution >= 4 is 35.2 Å². The Morgan fingerprint density at radius 1 is 1.31 bits per heavy atom. The van der Waals surface area contributed by atoms with Gasteiger partial charge in [0.1, 0.15) is 5.69 Å². The van der Waals surface area contributed by atoms with Gasteiger partial charge in [-0.3, -0.25) is 4.18 Å². The normalized spacial score (nSPS) is 23.4. The molecule has 1 aromatic carbocycles. The molecule has 3 rings (SSSR count). The topological polar surface area (TPSA) is 37.9 Å². The molecule has 0 aliphatic carbocycles. The van der Waals surface area contributed by atoms with Gasteiger partial charge in [-0.25, -0.2) is 4.98 Å². The monoisotopic (exact) mass is 272 g/mol. The number of H-pyrrole nitrogens is 1. The second-order valence-electron chi connectivity index (χ2n) is 3.34. The van der Waals surface area contributed by atoms with E-state index < -0.39 is 5.06 Å². The molecule has 1 unspecified atom stereocenters. The van der Waals surface area contributed by atoms with E-state index in [0.29, 0.717) is 16.0 Å². The zero-order valence-electron chi connectivity index (χ0n) is 7.91. The highest BCUT2D eigenvalue weighted by Crippen LogP contribution is 2.51. The van der Waals surface area contributed by atoms with Gasteiger partial charge >= 0.3 is 0 Å². The van der Waals surface area contributed by atoms with Crippen molar-refractivity contribution in [2.45, 2.75) is 10.1 Å². The van der Waals surface area contributed by atoms with Crippen LogP contribution in [0.25, 0.3) is 0 Å². The minimum atomic E-state index is -1.03. The van der Waals surface area contributed by atoms with E-state index in [4.69, 9.17) is 27.4 Å². The van der Waals surface area contributed by atoms with Crippen LogP contribution in [0.1, 0.15) is 11.3 Å². The highest BCUT2D eigenvalue weighted by molar-refractivity contribution is 7.95. The summed E-state index contributed by atoms with van der Waals surface area (Å²) in [5.74, 6) is 0. The molecule has 82 valence electrons. The van der Waals surface area contributed by atoms with E-state index in [9.17, 15) is 0 Å². The molecular weight excluding hydrogens is 267 g/mol. The molecule has 1 aromatic heterocycles. The average molecular weight is 273 g/mol. The van der Waals surface area contributed by atoms with Crippen LogP contribution in [0.5, 0.6) is 0 Å². The third-order valence-electron chi connectivity index (χ3n) is 2.34. The van der Waals surface area contributed by atoms with Crippen molar-refractivity contribution in [2.24, 2.45) is 0 Å². The Morgan fingerprint density at radius 3 is 2.81 bits per heavy atom. The molecule has 6 heteroatoms. The first-order valence-electron chi connectivity index (χ1n) is 4.56.